The molecule has 0 radical (unpaired) electrons. The number of amides is 1. The topological polar surface area (TPSA) is 54.9 Å². The maximum absolute atomic E-state index is 13.9. The smallest absolute Gasteiger partial charge is 0.271 e. The van der Waals surface area contributed by atoms with Crippen LogP contribution in [0.2, 0.25) is 0 Å². The van der Waals surface area contributed by atoms with Crippen molar-refractivity contribution >= 4 is 5.91 Å². The molecule has 0 saturated heterocycles. The molecule has 0 bridgehead atoms. The van der Waals surface area contributed by atoms with Crippen LogP contribution in [0.3, 0.4) is 0 Å². The number of carbonyl (C=O) groups excluding carboxylic acids is 1. The van der Waals surface area contributed by atoms with Crippen LogP contribution in [0, 0.1) is 17.6 Å². The van der Waals surface area contributed by atoms with Gasteiger partial charge in [-0.2, -0.15) is 0 Å². The van der Waals surface area contributed by atoms with Crippen LogP contribution >= 0.6 is 0 Å². The van der Waals surface area contributed by atoms with Crippen molar-refractivity contribution in [2.24, 2.45) is 5.92 Å². The zero-order valence-corrected chi connectivity index (χ0v) is 11.1. The number of hydrogen-bond acceptors (Lipinski definition) is 3. The summed E-state index contributed by atoms with van der Waals surface area (Å²) in [5.41, 5.74) is 0.328. The summed E-state index contributed by atoms with van der Waals surface area (Å²) in [4.78, 5) is 19.9. The quantitative estimate of drug-likeness (QED) is 0.941. The molecule has 1 aromatic heterocycles. The average Bonchev–Trinajstić information content (AvgIpc) is 3.33. The number of halogens is 2. The van der Waals surface area contributed by atoms with Crippen molar-refractivity contribution in [2.75, 3.05) is 0 Å². The van der Waals surface area contributed by atoms with Gasteiger partial charge in [-0.25, -0.2) is 13.8 Å². The summed E-state index contributed by atoms with van der Waals surface area (Å²) in [5.74, 6) is -1.36. The molecule has 1 saturated carbocycles. The van der Waals surface area contributed by atoms with E-state index in [1.165, 1.54) is 18.6 Å². The predicted octanol–water partition coefficient (Wildman–Crippen LogP) is 2.64. The normalized spacial score (nSPS) is 15.5. The highest BCUT2D eigenvalue weighted by molar-refractivity contribution is 5.92. The third-order valence-corrected chi connectivity index (χ3v) is 3.47. The Kier molecular flexibility index (Phi) is 3.60. The minimum absolute atomic E-state index is 0.127. The lowest BCUT2D eigenvalue weighted by Crippen LogP contribution is -2.31. The van der Waals surface area contributed by atoms with Crippen molar-refractivity contribution in [2.45, 2.75) is 18.9 Å². The summed E-state index contributed by atoms with van der Waals surface area (Å²) in [5, 5.41) is 2.73. The fourth-order valence-electron chi connectivity index (χ4n) is 2.26. The van der Waals surface area contributed by atoms with Crippen molar-refractivity contribution in [3.05, 3.63) is 59.7 Å². The van der Waals surface area contributed by atoms with Crippen LogP contribution in [0.1, 0.15) is 34.9 Å². The van der Waals surface area contributed by atoms with Gasteiger partial charge < -0.3 is 5.32 Å². The molecule has 1 aromatic carbocycles. The Bertz CT molecular complexity index is 659. The molecule has 0 unspecified atom stereocenters. The molecule has 1 amide bonds. The molecule has 108 valence electrons. The molecule has 1 heterocycles. The van der Waals surface area contributed by atoms with Crippen molar-refractivity contribution in [3.8, 4) is 0 Å². The number of hydrogen-bond donors (Lipinski definition) is 1. The monoisotopic (exact) mass is 289 g/mol. The molecule has 6 heteroatoms. The number of aromatic nitrogens is 2. The lowest BCUT2D eigenvalue weighted by Gasteiger charge is -2.19. The largest absolute Gasteiger partial charge is 0.343 e. The van der Waals surface area contributed by atoms with Crippen molar-refractivity contribution in [3.63, 3.8) is 0 Å². The molecular formula is C15H13F2N3O. The lowest BCUT2D eigenvalue weighted by atomic mass is 10.0. The number of benzene rings is 1. The molecule has 3 rings (SSSR count). The Labute approximate surface area is 120 Å². The van der Waals surface area contributed by atoms with Gasteiger partial charge in [0.05, 0.1) is 12.2 Å². The van der Waals surface area contributed by atoms with Crippen molar-refractivity contribution in [1.82, 2.24) is 15.3 Å². The van der Waals surface area contributed by atoms with Gasteiger partial charge in [0.2, 0.25) is 0 Å². The van der Waals surface area contributed by atoms with E-state index in [0.717, 1.165) is 31.0 Å². The molecule has 1 N–H and O–H groups in total. The second kappa shape index (κ2) is 5.55. The van der Waals surface area contributed by atoms with Crippen molar-refractivity contribution < 1.29 is 13.6 Å². The first-order chi connectivity index (χ1) is 10.1. The zero-order valence-electron chi connectivity index (χ0n) is 11.1. The van der Waals surface area contributed by atoms with E-state index in [-0.39, 0.29) is 17.2 Å². The van der Waals surface area contributed by atoms with E-state index in [4.69, 9.17) is 0 Å². The number of nitrogens with one attached hydrogen (secondary N) is 1. The molecule has 1 atom stereocenters. The zero-order chi connectivity index (χ0) is 14.8. The highest BCUT2D eigenvalue weighted by atomic mass is 19.1. The third kappa shape index (κ3) is 3.04. The Morgan fingerprint density at radius 1 is 1.29 bits per heavy atom. The van der Waals surface area contributed by atoms with Crippen LogP contribution in [0.15, 0.2) is 36.8 Å². The summed E-state index contributed by atoms with van der Waals surface area (Å²) >= 11 is 0. The SMILES string of the molecule is O=C(N[C@@H](c1cc(F)ccc1F)C1CC1)c1cnccn1. The van der Waals surface area contributed by atoms with Crippen LogP contribution in [0.4, 0.5) is 8.78 Å². The van der Waals surface area contributed by atoms with E-state index in [0.29, 0.717) is 0 Å². The van der Waals surface area contributed by atoms with Gasteiger partial charge in [-0.05, 0) is 37.0 Å². The van der Waals surface area contributed by atoms with Crippen LogP contribution in [0.5, 0.6) is 0 Å². The van der Waals surface area contributed by atoms with E-state index < -0.39 is 23.6 Å². The first kappa shape index (κ1) is 13.6. The van der Waals surface area contributed by atoms with Gasteiger partial charge in [-0.3, -0.25) is 9.78 Å². The molecule has 1 aliphatic rings. The van der Waals surface area contributed by atoms with E-state index in [9.17, 15) is 13.6 Å². The highest BCUT2D eigenvalue weighted by Gasteiger charge is 2.35. The molecule has 0 spiro atoms. The summed E-state index contributed by atoms with van der Waals surface area (Å²) in [6.45, 7) is 0. The van der Waals surface area contributed by atoms with Gasteiger partial charge in [-0.1, -0.05) is 0 Å². The Morgan fingerprint density at radius 3 is 2.76 bits per heavy atom. The molecule has 21 heavy (non-hydrogen) atoms. The van der Waals surface area contributed by atoms with E-state index in [2.05, 4.69) is 15.3 Å². The number of nitrogens with zero attached hydrogens (tertiary/aromatic N) is 2. The van der Waals surface area contributed by atoms with E-state index in [1.54, 1.807) is 0 Å². The molecular weight excluding hydrogens is 276 g/mol. The van der Waals surface area contributed by atoms with E-state index >= 15 is 0 Å². The van der Waals surface area contributed by atoms with Gasteiger partial charge in [0, 0.05) is 18.0 Å². The van der Waals surface area contributed by atoms with Crippen LogP contribution in [-0.2, 0) is 0 Å². The Hall–Kier alpha value is -2.37. The minimum atomic E-state index is -0.546. The second-order valence-electron chi connectivity index (χ2n) is 5.05. The van der Waals surface area contributed by atoms with Crippen LogP contribution < -0.4 is 5.32 Å². The summed E-state index contributed by atoms with van der Waals surface area (Å²) in [6, 6.07) is 2.73. The molecule has 1 fully saturated rings. The van der Waals surface area contributed by atoms with Gasteiger partial charge in [0.25, 0.3) is 5.91 Å². The summed E-state index contributed by atoms with van der Waals surface area (Å²) in [6.07, 6.45) is 5.95. The van der Waals surface area contributed by atoms with Gasteiger partial charge in [0.15, 0.2) is 0 Å². The van der Waals surface area contributed by atoms with Crippen LogP contribution in [-0.4, -0.2) is 15.9 Å². The van der Waals surface area contributed by atoms with E-state index in [1.807, 2.05) is 0 Å². The number of carbonyl (C=O) groups is 1. The molecule has 1 aliphatic carbocycles. The van der Waals surface area contributed by atoms with Crippen LogP contribution in [0.25, 0.3) is 0 Å². The first-order valence-electron chi connectivity index (χ1n) is 6.67. The Balaban J connectivity index is 1.86. The minimum Gasteiger partial charge on any atom is -0.343 e. The maximum atomic E-state index is 13.9. The van der Waals surface area contributed by atoms with Crippen molar-refractivity contribution in [1.29, 1.82) is 0 Å². The molecule has 4 nitrogen and oxygen atoms in total. The van der Waals surface area contributed by atoms with Gasteiger partial charge in [0.1, 0.15) is 17.3 Å². The summed E-state index contributed by atoms with van der Waals surface area (Å²) < 4.78 is 27.3. The third-order valence-electron chi connectivity index (χ3n) is 3.47. The predicted molar refractivity (Wildman–Crippen MR) is 71.3 cm³/mol. The highest BCUT2D eigenvalue weighted by Crippen LogP contribution is 2.41. The lowest BCUT2D eigenvalue weighted by molar-refractivity contribution is 0.0925. The second-order valence-corrected chi connectivity index (χ2v) is 5.05. The fourth-order valence-corrected chi connectivity index (χ4v) is 2.26. The maximum Gasteiger partial charge on any atom is 0.271 e. The standard InChI is InChI=1S/C15H13F2N3O/c16-10-3-4-12(17)11(7-10)14(9-1-2-9)20-15(21)13-8-18-5-6-19-13/h3-9,14H,1-2H2,(H,20,21)/t14-/m1/s1. The van der Waals surface area contributed by atoms with Gasteiger partial charge >= 0.3 is 0 Å². The molecule has 2 aromatic rings. The fraction of sp³-hybridized carbons (Fsp3) is 0.267. The first-order valence-corrected chi connectivity index (χ1v) is 6.67. The Morgan fingerprint density at radius 2 is 2.10 bits per heavy atom. The number of rotatable bonds is 4. The van der Waals surface area contributed by atoms with Gasteiger partial charge in [-0.15, -0.1) is 0 Å². The molecule has 0 aliphatic heterocycles. The summed E-state index contributed by atoms with van der Waals surface area (Å²) in [7, 11) is 0. The average molecular weight is 289 g/mol.